The van der Waals surface area contributed by atoms with Crippen molar-refractivity contribution in [3.8, 4) is 28.7 Å². The quantitative estimate of drug-likeness (QED) is 0.334. The number of anilines is 1. The van der Waals surface area contributed by atoms with Crippen molar-refractivity contribution in [3.63, 3.8) is 0 Å². The van der Waals surface area contributed by atoms with Gasteiger partial charge in [0.2, 0.25) is 11.5 Å². The number of nitrogens with one attached hydrogen (secondary N) is 1. The molecule has 0 spiro atoms. The highest BCUT2D eigenvalue weighted by molar-refractivity contribution is 6.31. The van der Waals surface area contributed by atoms with Gasteiger partial charge in [0.25, 0.3) is 5.91 Å². The molecule has 0 aromatic heterocycles. The van der Waals surface area contributed by atoms with Crippen molar-refractivity contribution in [1.82, 2.24) is 0 Å². The summed E-state index contributed by atoms with van der Waals surface area (Å²) < 4.78 is 21.5. The van der Waals surface area contributed by atoms with Crippen LogP contribution in [0.25, 0.3) is 0 Å². The summed E-state index contributed by atoms with van der Waals surface area (Å²) in [6, 6.07) is 13.2. The van der Waals surface area contributed by atoms with E-state index in [0.29, 0.717) is 16.5 Å². The molecule has 0 fully saturated rings. The number of ether oxygens (including phenoxy) is 4. The van der Waals surface area contributed by atoms with Gasteiger partial charge in [-0.25, -0.2) is 0 Å². The molecule has 0 aliphatic heterocycles. The van der Waals surface area contributed by atoms with E-state index in [0.717, 1.165) is 5.56 Å². The average molecular weight is 473 g/mol. The molecular formula is C23H21ClN2O7. The second kappa shape index (κ2) is 10.1. The number of aryl methyl sites for hydroxylation is 1. The van der Waals surface area contributed by atoms with Crippen LogP contribution in [0.15, 0.2) is 48.5 Å². The Kier molecular flexibility index (Phi) is 7.24. The Labute approximate surface area is 194 Å². The van der Waals surface area contributed by atoms with Gasteiger partial charge in [-0.3, -0.25) is 14.9 Å². The predicted molar refractivity (Wildman–Crippen MR) is 123 cm³/mol. The Morgan fingerprint density at radius 2 is 1.61 bits per heavy atom. The number of benzene rings is 3. The minimum atomic E-state index is -0.794. The number of nitrogens with zero attached hydrogens (tertiary/aromatic N) is 1. The molecule has 172 valence electrons. The predicted octanol–water partition coefficient (Wildman–Crippen LogP) is 5.63. The Bertz CT molecular complexity index is 1200. The molecule has 0 saturated carbocycles. The highest BCUT2D eigenvalue weighted by Gasteiger charge is 2.32. The second-order valence-electron chi connectivity index (χ2n) is 6.81. The molecule has 3 aromatic rings. The van der Waals surface area contributed by atoms with Gasteiger partial charge in [0.1, 0.15) is 11.3 Å². The van der Waals surface area contributed by atoms with E-state index in [2.05, 4.69) is 5.32 Å². The van der Waals surface area contributed by atoms with Crippen molar-refractivity contribution < 1.29 is 28.7 Å². The molecule has 1 N–H and O–H groups in total. The first kappa shape index (κ1) is 23.7. The number of amides is 1. The minimum Gasteiger partial charge on any atom is -0.493 e. The maximum atomic E-state index is 13.2. The number of hydrogen-bond donors (Lipinski definition) is 1. The highest BCUT2D eigenvalue weighted by atomic mass is 35.5. The summed E-state index contributed by atoms with van der Waals surface area (Å²) in [4.78, 5) is 24.3. The number of hydrogen-bond acceptors (Lipinski definition) is 7. The van der Waals surface area contributed by atoms with Crippen LogP contribution in [0.2, 0.25) is 5.02 Å². The first-order chi connectivity index (χ1) is 15.8. The average Bonchev–Trinajstić information content (AvgIpc) is 2.80. The fourth-order valence-corrected chi connectivity index (χ4v) is 3.28. The molecule has 0 saturated heterocycles. The molecule has 1 amide bonds. The Hall–Kier alpha value is -3.98. The molecule has 33 heavy (non-hydrogen) atoms. The summed E-state index contributed by atoms with van der Waals surface area (Å²) in [5.74, 6) is -0.114. The molecule has 0 unspecified atom stereocenters. The molecule has 3 rings (SSSR count). The van der Waals surface area contributed by atoms with E-state index in [1.807, 2.05) is 19.1 Å². The van der Waals surface area contributed by atoms with E-state index in [4.69, 9.17) is 30.5 Å². The molecule has 10 heteroatoms. The fraction of sp³-hybridized carbons (Fsp3) is 0.174. The van der Waals surface area contributed by atoms with Crippen LogP contribution in [-0.2, 0) is 0 Å². The number of methoxy groups -OCH3 is 3. The largest absolute Gasteiger partial charge is 0.493 e. The topological polar surface area (TPSA) is 109 Å². The van der Waals surface area contributed by atoms with Gasteiger partial charge in [-0.05, 0) is 37.3 Å². The number of halogens is 1. The SMILES string of the molecule is COc1cc(C(=O)Nc2cc(Cl)ccc2Oc2ccc(C)cc2)c([N+](=O)[O-])c(OC)c1OC. The fourth-order valence-electron chi connectivity index (χ4n) is 3.11. The molecule has 0 radical (unpaired) electrons. The van der Waals surface area contributed by atoms with Crippen LogP contribution in [0, 0.1) is 17.0 Å². The van der Waals surface area contributed by atoms with E-state index in [1.165, 1.54) is 33.5 Å². The smallest absolute Gasteiger partial charge is 0.327 e. The zero-order chi connectivity index (χ0) is 24.1. The standard InChI is InChI=1S/C23H21ClN2O7/c1-13-5-8-15(9-6-13)33-18-10-7-14(24)11-17(18)25-23(27)16-12-19(30-2)21(31-3)22(32-4)20(16)26(28)29/h5-12H,1-4H3,(H,25,27). The minimum absolute atomic E-state index is 0.00519. The third-order valence-electron chi connectivity index (χ3n) is 4.67. The maximum absolute atomic E-state index is 13.2. The normalized spacial score (nSPS) is 10.3. The first-order valence-corrected chi connectivity index (χ1v) is 9.99. The van der Waals surface area contributed by atoms with Crippen molar-refractivity contribution in [2.24, 2.45) is 0 Å². The number of carbonyl (C=O) groups is 1. The van der Waals surface area contributed by atoms with E-state index < -0.39 is 16.5 Å². The van der Waals surface area contributed by atoms with E-state index in [-0.39, 0.29) is 28.5 Å². The van der Waals surface area contributed by atoms with Gasteiger partial charge in [-0.1, -0.05) is 29.3 Å². The van der Waals surface area contributed by atoms with Crippen molar-refractivity contribution in [3.05, 3.63) is 74.8 Å². The molecule has 0 heterocycles. The lowest BCUT2D eigenvalue weighted by molar-refractivity contribution is -0.386. The maximum Gasteiger partial charge on any atom is 0.327 e. The highest BCUT2D eigenvalue weighted by Crippen LogP contribution is 2.46. The van der Waals surface area contributed by atoms with Gasteiger partial charge < -0.3 is 24.3 Å². The lowest BCUT2D eigenvalue weighted by atomic mass is 10.1. The second-order valence-corrected chi connectivity index (χ2v) is 7.24. The van der Waals surface area contributed by atoms with Crippen molar-refractivity contribution in [2.45, 2.75) is 6.92 Å². The van der Waals surface area contributed by atoms with E-state index in [1.54, 1.807) is 24.3 Å². The first-order valence-electron chi connectivity index (χ1n) is 9.61. The molecule has 0 bridgehead atoms. The molecule has 3 aromatic carbocycles. The molecule has 0 aliphatic rings. The van der Waals surface area contributed by atoms with Crippen LogP contribution in [-0.4, -0.2) is 32.2 Å². The number of nitro groups is 1. The summed E-state index contributed by atoms with van der Waals surface area (Å²) in [6.07, 6.45) is 0. The third-order valence-corrected chi connectivity index (χ3v) is 4.90. The van der Waals surface area contributed by atoms with Crippen LogP contribution < -0.4 is 24.3 Å². The zero-order valence-corrected chi connectivity index (χ0v) is 19.1. The summed E-state index contributed by atoms with van der Waals surface area (Å²) in [5.41, 5.74) is 0.407. The van der Waals surface area contributed by atoms with Crippen LogP contribution in [0.3, 0.4) is 0 Å². The lowest BCUT2D eigenvalue weighted by Crippen LogP contribution is -2.16. The van der Waals surface area contributed by atoms with Gasteiger partial charge in [0.15, 0.2) is 11.5 Å². The van der Waals surface area contributed by atoms with Gasteiger partial charge in [-0.2, -0.15) is 0 Å². The van der Waals surface area contributed by atoms with Crippen LogP contribution in [0.5, 0.6) is 28.7 Å². The molecule has 0 aliphatic carbocycles. The summed E-state index contributed by atoms with van der Waals surface area (Å²) in [5, 5.41) is 14.8. The van der Waals surface area contributed by atoms with E-state index >= 15 is 0 Å². The van der Waals surface area contributed by atoms with E-state index in [9.17, 15) is 14.9 Å². The number of carbonyl (C=O) groups excluding carboxylic acids is 1. The Balaban J connectivity index is 2.05. The summed E-state index contributed by atoms with van der Waals surface area (Å²) in [7, 11) is 3.89. The van der Waals surface area contributed by atoms with Gasteiger partial charge >= 0.3 is 5.69 Å². The zero-order valence-electron chi connectivity index (χ0n) is 18.3. The van der Waals surface area contributed by atoms with Crippen molar-refractivity contribution in [1.29, 1.82) is 0 Å². The van der Waals surface area contributed by atoms with Gasteiger partial charge in [0, 0.05) is 11.1 Å². The van der Waals surface area contributed by atoms with Crippen LogP contribution >= 0.6 is 11.6 Å². The Morgan fingerprint density at radius 1 is 0.939 bits per heavy atom. The van der Waals surface area contributed by atoms with Gasteiger partial charge in [0.05, 0.1) is 31.9 Å². The van der Waals surface area contributed by atoms with Gasteiger partial charge in [-0.15, -0.1) is 0 Å². The molecular weight excluding hydrogens is 452 g/mol. The summed E-state index contributed by atoms with van der Waals surface area (Å²) in [6.45, 7) is 1.95. The lowest BCUT2D eigenvalue weighted by Gasteiger charge is -2.16. The number of rotatable bonds is 8. The van der Waals surface area contributed by atoms with Crippen molar-refractivity contribution in [2.75, 3.05) is 26.6 Å². The Morgan fingerprint density at radius 3 is 2.18 bits per heavy atom. The monoisotopic (exact) mass is 472 g/mol. The summed E-state index contributed by atoms with van der Waals surface area (Å²) >= 11 is 6.12. The molecule has 9 nitrogen and oxygen atoms in total. The molecule has 0 atom stereocenters. The number of nitro benzene ring substituents is 1. The van der Waals surface area contributed by atoms with Crippen LogP contribution in [0.1, 0.15) is 15.9 Å². The third kappa shape index (κ3) is 5.09. The van der Waals surface area contributed by atoms with Crippen molar-refractivity contribution >= 4 is 28.9 Å². The van der Waals surface area contributed by atoms with Crippen LogP contribution in [0.4, 0.5) is 11.4 Å².